The number of carbonyl (C=O) groups is 1. The van der Waals surface area contributed by atoms with Crippen molar-refractivity contribution >= 4 is 22.5 Å². The average molecular weight is 401 g/mol. The topological polar surface area (TPSA) is 67.4 Å². The van der Waals surface area contributed by atoms with E-state index in [2.05, 4.69) is 27.2 Å². The third kappa shape index (κ3) is 3.43. The molecule has 0 aliphatic carbocycles. The molecule has 0 spiro atoms. The molecule has 152 valence electrons. The van der Waals surface area contributed by atoms with Crippen LogP contribution in [0, 0.1) is 6.92 Å². The fourth-order valence-electron chi connectivity index (χ4n) is 4.05. The van der Waals surface area contributed by atoms with E-state index >= 15 is 0 Å². The molecule has 1 saturated heterocycles. The minimum Gasteiger partial charge on any atom is -0.420 e. The standard InChI is InChI=1S/C23H23N5O2/c1-17-24-25-23(30-17)21-15-18-7-5-6-10-20(18)28(21)16-22(29)27-13-11-26(12-14-27)19-8-3-2-4-9-19/h2-10,15H,11-14,16H2,1H3. The molecule has 1 fully saturated rings. The molecule has 0 N–H and O–H groups in total. The first-order chi connectivity index (χ1) is 14.7. The van der Waals surface area contributed by atoms with Crippen molar-refractivity contribution in [3.63, 3.8) is 0 Å². The number of anilines is 1. The van der Waals surface area contributed by atoms with E-state index in [4.69, 9.17) is 4.42 Å². The van der Waals surface area contributed by atoms with Crippen molar-refractivity contribution in [2.24, 2.45) is 0 Å². The highest BCUT2D eigenvalue weighted by Gasteiger charge is 2.24. The third-order valence-electron chi connectivity index (χ3n) is 5.60. The number of hydrogen-bond donors (Lipinski definition) is 0. The number of hydrogen-bond acceptors (Lipinski definition) is 5. The van der Waals surface area contributed by atoms with Crippen molar-refractivity contribution in [2.75, 3.05) is 31.1 Å². The monoisotopic (exact) mass is 401 g/mol. The second-order valence-corrected chi connectivity index (χ2v) is 7.50. The molecule has 1 aliphatic heterocycles. The van der Waals surface area contributed by atoms with Gasteiger partial charge >= 0.3 is 0 Å². The summed E-state index contributed by atoms with van der Waals surface area (Å²) in [6, 6.07) is 20.4. The molecule has 7 heteroatoms. The van der Waals surface area contributed by atoms with Crippen LogP contribution in [0.4, 0.5) is 5.69 Å². The summed E-state index contributed by atoms with van der Waals surface area (Å²) in [5.41, 5.74) is 2.96. The number of nitrogens with zero attached hydrogens (tertiary/aromatic N) is 5. The van der Waals surface area contributed by atoms with Crippen LogP contribution in [0.15, 0.2) is 65.1 Å². The van der Waals surface area contributed by atoms with E-state index in [0.29, 0.717) is 24.9 Å². The maximum atomic E-state index is 13.2. The van der Waals surface area contributed by atoms with Gasteiger partial charge in [0.15, 0.2) is 0 Å². The summed E-state index contributed by atoms with van der Waals surface area (Å²) >= 11 is 0. The summed E-state index contributed by atoms with van der Waals surface area (Å²) in [5, 5.41) is 9.16. The van der Waals surface area contributed by atoms with Crippen LogP contribution >= 0.6 is 0 Å². The zero-order valence-corrected chi connectivity index (χ0v) is 16.9. The Kier molecular flexibility index (Phi) is 4.71. The van der Waals surface area contributed by atoms with Gasteiger partial charge in [-0.1, -0.05) is 36.4 Å². The number of para-hydroxylation sites is 2. The predicted octanol–water partition coefficient (Wildman–Crippen LogP) is 3.35. The van der Waals surface area contributed by atoms with Gasteiger partial charge in [-0.3, -0.25) is 4.79 Å². The Morgan fingerprint density at radius 1 is 0.967 bits per heavy atom. The van der Waals surface area contributed by atoms with Gasteiger partial charge in [0.05, 0.1) is 0 Å². The van der Waals surface area contributed by atoms with Gasteiger partial charge < -0.3 is 18.8 Å². The molecule has 30 heavy (non-hydrogen) atoms. The van der Waals surface area contributed by atoms with E-state index in [-0.39, 0.29) is 12.5 Å². The van der Waals surface area contributed by atoms with E-state index in [9.17, 15) is 4.79 Å². The van der Waals surface area contributed by atoms with Gasteiger partial charge in [-0.25, -0.2) is 0 Å². The highest BCUT2D eigenvalue weighted by Crippen LogP contribution is 2.28. The molecule has 2 aromatic carbocycles. The van der Waals surface area contributed by atoms with Crippen molar-refractivity contribution in [3.8, 4) is 11.6 Å². The highest BCUT2D eigenvalue weighted by atomic mass is 16.4. The largest absolute Gasteiger partial charge is 0.420 e. The summed E-state index contributed by atoms with van der Waals surface area (Å²) in [4.78, 5) is 17.4. The Hall–Kier alpha value is -3.61. The molecule has 0 atom stereocenters. The van der Waals surface area contributed by atoms with Crippen molar-refractivity contribution < 1.29 is 9.21 Å². The minimum absolute atomic E-state index is 0.0987. The Balaban J connectivity index is 1.36. The number of aryl methyl sites for hydroxylation is 1. The fraction of sp³-hybridized carbons (Fsp3) is 0.261. The Labute approximate surface area is 174 Å². The first kappa shape index (κ1) is 18.4. The lowest BCUT2D eigenvalue weighted by molar-refractivity contribution is -0.132. The SMILES string of the molecule is Cc1nnc(-c2cc3ccccc3n2CC(=O)N2CCN(c3ccccc3)CC2)o1. The van der Waals surface area contributed by atoms with Gasteiger partial charge in [0, 0.05) is 49.7 Å². The van der Waals surface area contributed by atoms with Crippen LogP contribution < -0.4 is 4.90 Å². The number of rotatable bonds is 4. The summed E-state index contributed by atoms with van der Waals surface area (Å²) in [6.45, 7) is 5.09. The van der Waals surface area contributed by atoms with E-state index in [0.717, 1.165) is 29.7 Å². The smallest absolute Gasteiger partial charge is 0.264 e. The molecule has 4 aromatic rings. The summed E-state index contributed by atoms with van der Waals surface area (Å²) in [6.07, 6.45) is 0. The number of fused-ring (bicyclic) bond motifs is 1. The van der Waals surface area contributed by atoms with Gasteiger partial charge in [-0.05, 0) is 24.3 Å². The molecule has 0 bridgehead atoms. The lowest BCUT2D eigenvalue weighted by Crippen LogP contribution is -2.49. The van der Waals surface area contributed by atoms with E-state index < -0.39 is 0 Å². The van der Waals surface area contributed by atoms with Gasteiger partial charge in [-0.15, -0.1) is 10.2 Å². The van der Waals surface area contributed by atoms with Crippen LogP contribution in [0.25, 0.3) is 22.5 Å². The van der Waals surface area contributed by atoms with Crippen LogP contribution in [0.1, 0.15) is 5.89 Å². The first-order valence-corrected chi connectivity index (χ1v) is 10.2. The fourth-order valence-corrected chi connectivity index (χ4v) is 4.05. The summed E-state index contributed by atoms with van der Waals surface area (Å²) in [7, 11) is 0. The first-order valence-electron chi connectivity index (χ1n) is 10.2. The van der Waals surface area contributed by atoms with E-state index in [1.54, 1.807) is 6.92 Å². The van der Waals surface area contributed by atoms with Crippen LogP contribution in [0.2, 0.25) is 0 Å². The molecule has 0 radical (unpaired) electrons. The molecule has 1 amide bonds. The molecular weight excluding hydrogens is 378 g/mol. The van der Waals surface area contributed by atoms with Crippen LogP contribution in [-0.2, 0) is 11.3 Å². The molecule has 3 heterocycles. The molecular formula is C23H23N5O2. The number of amides is 1. The van der Waals surface area contributed by atoms with E-state index in [1.165, 1.54) is 5.69 Å². The van der Waals surface area contributed by atoms with Crippen molar-refractivity contribution in [1.29, 1.82) is 0 Å². The highest BCUT2D eigenvalue weighted by molar-refractivity contribution is 5.88. The zero-order valence-electron chi connectivity index (χ0n) is 16.9. The second-order valence-electron chi connectivity index (χ2n) is 7.50. The number of carbonyl (C=O) groups excluding carboxylic acids is 1. The molecule has 0 saturated carbocycles. The predicted molar refractivity (Wildman–Crippen MR) is 115 cm³/mol. The van der Waals surface area contributed by atoms with Gasteiger partial charge in [0.25, 0.3) is 5.89 Å². The Bertz CT molecular complexity index is 1170. The van der Waals surface area contributed by atoms with Crippen LogP contribution in [0.3, 0.4) is 0 Å². The molecule has 0 unspecified atom stereocenters. The molecule has 1 aliphatic rings. The van der Waals surface area contributed by atoms with E-state index in [1.807, 2.05) is 58.0 Å². The maximum Gasteiger partial charge on any atom is 0.264 e. The zero-order chi connectivity index (χ0) is 20.5. The van der Waals surface area contributed by atoms with Crippen molar-refractivity contribution in [2.45, 2.75) is 13.5 Å². The van der Waals surface area contributed by atoms with Gasteiger partial charge in [0.2, 0.25) is 11.8 Å². The summed E-state index contributed by atoms with van der Waals surface area (Å²) in [5.74, 6) is 1.04. The Morgan fingerprint density at radius 2 is 1.70 bits per heavy atom. The van der Waals surface area contributed by atoms with Gasteiger partial charge in [-0.2, -0.15) is 0 Å². The maximum absolute atomic E-state index is 13.2. The third-order valence-corrected chi connectivity index (χ3v) is 5.60. The minimum atomic E-state index is 0.0987. The van der Waals surface area contributed by atoms with Crippen molar-refractivity contribution in [3.05, 3.63) is 66.6 Å². The van der Waals surface area contributed by atoms with Crippen molar-refractivity contribution in [1.82, 2.24) is 19.7 Å². The quantitative estimate of drug-likeness (QED) is 0.525. The van der Waals surface area contributed by atoms with Crippen LogP contribution in [0.5, 0.6) is 0 Å². The Morgan fingerprint density at radius 3 is 2.43 bits per heavy atom. The molecule has 7 nitrogen and oxygen atoms in total. The lowest BCUT2D eigenvalue weighted by Gasteiger charge is -2.36. The molecule has 5 rings (SSSR count). The van der Waals surface area contributed by atoms with Gasteiger partial charge in [0.1, 0.15) is 12.2 Å². The normalized spacial score (nSPS) is 14.4. The number of aromatic nitrogens is 3. The molecule has 2 aromatic heterocycles. The van der Waals surface area contributed by atoms with Crippen LogP contribution in [-0.4, -0.2) is 51.8 Å². The summed E-state index contributed by atoms with van der Waals surface area (Å²) < 4.78 is 7.64. The average Bonchev–Trinajstić information content (AvgIpc) is 3.38. The second kappa shape index (κ2) is 7.67. The number of piperazine rings is 1. The number of benzene rings is 2. The lowest BCUT2D eigenvalue weighted by atomic mass is 10.2.